The van der Waals surface area contributed by atoms with E-state index < -0.39 is 0 Å². The summed E-state index contributed by atoms with van der Waals surface area (Å²) in [6.07, 6.45) is 0. The molecule has 1 aliphatic heterocycles. The number of likely N-dealkylation sites (N-methyl/N-ethyl adjacent to an activating group) is 1. The minimum absolute atomic E-state index is 0.591. The topological polar surface area (TPSA) is 41.6 Å². The zero-order valence-electron chi connectivity index (χ0n) is 5.80. The molecule has 0 amide bonds. The molecule has 1 aliphatic rings. The monoisotopic (exact) mass is 127 g/mol. The van der Waals surface area contributed by atoms with Crippen molar-refractivity contribution in [1.82, 2.24) is 4.90 Å². The highest BCUT2D eigenvalue weighted by molar-refractivity contribution is 5.85. The van der Waals surface area contributed by atoms with Gasteiger partial charge in [0.15, 0.2) is 0 Å². The fraction of sp³-hybridized carbons (Fsp3) is 0.833. The molecule has 3 nitrogen and oxygen atoms in total. The molecule has 0 aromatic heterocycles. The Hall–Kier alpha value is -0.570. The maximum Gasteiger partial charge on any atom is 0.113 e. The molecule has 0 spiro atoms. The van der Waals surface area contributed by atoms with Crippen LogP contribution in [0.4, 0.5) is 0 Å². The van der Waals surface area contributed by atoms with Crippen LogP contribution >= 0.6 is 0 Å². The fourth-order valence-corrected chi connectivity index (χ4v) is 1.06. The highest BCUT2D eigenvalue weighted by atomic mass is 15.2. The molecule has 0 aromatic carbocycles. The lowest BCUT2D eigenvalue weighted by molar-refractivity contribution is 0.478. The van der Waals surface area contributed by atoms with Gasteiger partial charge in [0, 0.05) is 13.1 Å². The van der Waals surface area contributed by atoms with Crippen LogP contribution in [0.15, 0.2) is 4.99 Å². The maximum atomic E-state index is 5.43. The third-order valence-electron chi connectivity index (χ3n) is 1.59. The molecule has 1 rings (SSSR count). The van der Waals surface area contributed by atoms with Crippen LogP contribution in [0.25, 0.3) is 0 Å². The van der Waals surface area contributed by atoms with Crippen LogP contribution in [-0.2, 0) is 0 Å². The third-order valence-corrected chi connectivity index (χ3v) is 1.59. The standard InChI is InChI=1S/C6H13N3/c1-2-9-4-3-8-6(9)5-7/h2-5,7H2,1H3. The lowest BCUT2D eigenvalue weighted by Crippen LogP contribution is -2.32. The van der Waals surface area contributed by atoms with Crippen molar-refractivity contribution in [1.29, 1.82) is 0 Å². The lowest BCUT2D eigenvalue weighted by atomic mass is 10.5. The number of nitrogens with two attached hydrogens (primary N) is 1. The SMILES string of the molecule is CCN1CCN=C1CN. The molecule has 0 saturated carbocycles. The Balaban J connectivity index is 2.47. The summed E-state index contributed by atoms with van der Waals surface area (Å²) in [6, 6.07) is 0. The third kappa shape index (κ3) is 1.21. The Labute approximate surface area is 55.6 Å². The first-order chi connectivity index (χ1) is 4.38. The molecule has 0 saturated heterocycles. The first-order valence-electron chi connectivity index (χ1n) is 3.36. The van der Waals surface area contributed by atoms with E-state index in [1.54, 1.807) is 0 Å². The van der Waals surface area contributed by atoms with E-state index >= 15 is 0 Å². The number of hydrogen-bond acceptors (Lipinski definition) is 3. The summed E-state index contributed by atoms with van der Waals surface area (Å²) < 4.78 is 0. The van der Waals surface area contributed by atoms with Gasteiger partial charge in [0.25, 0.3) is 0 Å². The highest BCUT2D eigenvalue weighted by Gasteiger charge is 2.11. The fourth-order valence-electron chi connectivity index (χ4n) is 1.06. The van der Waals surface area contributed by atoms with Gasteiger partial charge in [-0.3, -0.25) is 4.99 Å². The van der Waals surface area contributed by atoms with Gasteiger partial charge in [-0.25, -0.2) is 0 Å². The van der Waals surface area contributed by atoms with Gasteiger partial charge in [-0.15, -0.1) is 0 Å². The van der Waals surface area contributed by atoms with Crippen LogP contribution in [0.3, 0.4) is 0 Å². The van der Waals surface area contributed by atoms with Crippen molar-refractivity contribution in [3.63, 3.8) is 0 Å². The second-order valence-corrected chi connectivity index (χ2v) is 2.08. The Morgan fingerprint density at radius 3 is 3.00 bits per heavy atom. The zero-order valence-corrected chi connectivity index (χ0v) is 5.80. The van der Waals surface area contributed by atoms with Crippen LogP contribution < -0.4 is 5.73 Å². The number of rotatable bonds is 2. The van der Waals surface area contributed by atoms with Gasteiger partial charge in [0.1, 0.15) is 5.84 Å². The molecule has 0 atom stereocenters. The molecule has 3 heteroatoms. The number of aliphatic imine (C=N–C) groups is 1. The molecule has 9 heavy (non-hydrogen) atoms. The predicted molar refractivity (Wildman–Crippen MR) is 38.6 cm³/mol. The van der Waals surface area contributed by atoms with E-state index in [0.717, 1.165) is 25.5 Å². The van der Waals surface area contributed by atoms with E-state index in [2.05, 4.69) is 16.8 Å². The molecule has 2 N–H and O–H groups in total. The Bertz CT molecular complexity index is 119. The van der Waals surface area contributed by atoms with Crippen molar-refractivity contribution in [2.75, 3.05) is 26.2 Å². The van der Waals surface area contributed by atoms with Gasteiger partial charge in [0.05, 0.1) is 13.1 Å². The second kappa shape index (κ2) is 2.82. The zero-order chi connectivity index (χ0) is 6.69. The Morgan fingerprint density at radius 2 is 2.56 bits per heavy atom. The van der Waals surface area contributed by atoms with Gasteiger partial charge in [0.2, 0.25) is 0 Å². The normalized spacial score (nSPS) is 18.4. The van der Waals surface area contributed by atoms with E-state index in [4.69, 9.17) is 5.73 Å². The molecular formula is C6H13N3. The van der Waals surface area contributed by atoms with E-state index in [1.165, 1.54) is 0 Å². The van der Waals surface area contributed by atoms with Gasteiger partial charge < -0.3 is 10.6 Å². The van der Waals surface area contributed by atoms with Gasteiger partial charge >= 0.3 is 0 Å². The van der Waals surface area contributed by atoms with Gasteiger partial charge in [-0.1, -0.05) is 0 Å². The quantitative estimate of drug-likeness (QED) is 0.552. The summed E-state index contributed by atoms with van der Waals surface area (Å²) in [5, 5.41) is 0. The summed E-state index contributed by atoms with van der Waals surface area (Å²) in [7, 11) is 0. The van der Waals surface area contributed by atoms with Crippen LogP contribution in [0.2, 0.25) is 0 Å². The maximum absolute atomic E-state index is 5.43. The Kier molecular flexibility index (Phi) is 2.05. The molecular weight excluding hydrogens is 114 g/mol. The lowest BCUT2D eigenvalue weighted by Gasteiger charge is -2.15. The van der Waals surface area contributed by atoms with E-state index in [-0.39, 0.29) is 0 Å². The molecule has 0 aromatic rings. The van der Waals surface area contributed by atoms with Crippen molar-refractivity contribution in [2.24, 2.45) is 10.7 Å². The summed E-state index contributed by atoms with van der Waals surface area (Å²) in [5.74, 6) is 1.07. The van der Waals surface area contributed by atoms with Gasteiger partial charge in [-0.05, 0) is 6.92 Å². The summed E-state index contributed by atoms with van der Waals surface area (Å²) >= 11 is 0. The summed E-state index contributed by atoms with van der Waals surface area (Å²) in [5.41, 5.74) is 5.43. The van der Waals surface area contributed by atoms with Gasteiger partial charge in [-0.2, -0.15) is 0 Å². The van der Waals surface area contributed by atoms with Crippen molar-refractivity contribution in [3.8, 4) is 0 Å². The minimum atomic E-state index is 0.591. The van der Waals surface area contributed by atoms with E-state index in [1.807, 2.05) is 0 Å². The van der Waals surface area contributed by atoms with E-state index in [9.17, 15) is 0 Å². The summed E-state index contributed by atoms with van der Waals surface area (Å²) in [6.45, 7) is 5.74. The van der Waals surface area contributed by atoms with Crippen LogP contribution in [0, 0.1) is 0 Å². The average molecular weight is 127 g/mol. The van der Waals surface area contributed by atoms with Crippen LogP contribution in [-0.4, -0.2) is 36.9 Å². The molecule has 1 heterocycles. The smallest absolute Gasteiger partial charge is 0.113 e. The van der Waals surface area contributed by atoms with Crippen LogP contribution in [0.1, 0.15) is 6.92 Å². The molecule has 52 valence electrons. The van der Waals surface area contributed by atoms with Crippen LogP contribution in [0.5, 0.6) is 0 Å². The average Bonchev–Trinajstić information content (AvgIpc) is 2.33. The summed E-state index contributed by atoms with van der Waals surface area (Å²) in [4.78, 5) is 6.43. The van der Waals surface area contributed by atoms with Crippen molar-refractivity contribution >= 4 is 5.84 Å². The molecule has 0 unspecified atom stereocenters. The number of hydrogen-bond donors (Lipinski definition) is 1. The minimum Gasteiger partial charge on any atom is -0.358 e. The first-order valence-corrected chi connectivity index (χ1v) is 3.36. The first kappa shape index (κ1) is 6.55. The Morgan fingerprint density at radius 1 is 1.78 bits per heavy atom. The van der Waals surface area contributed by atoms with E-state index in [0.29, 0.717) is 6.54 Å². The number of nitrogens with zero attached hydrogens (tertiary/aromatic N) is 2. The molecule has 0 bridgehead atoms. The van der Waals surface area contributed by atoms with Crippen molar-refractivity contribution in [3.05, 3.63) is 0 Å². The highest BCUT2D eigenvalue weighted by Crippen LogP contribution is 1.98. The largest absolute Gasteiger partial charge is 0.358 e. The molecule has 0 fully saturated rings. The molecule has 0 aliphatic carbocycles. The second-order valence-electron chi connectivity index (χ2n) is 2.08. The molecule has 0 radical (unpaired) electrons. The van der Waals surface area contributed by atoms with Crippen molar-refractivity contribution in [2.45, 2.75) is 6.92 Å². The predicted octanol–water partition coefficient (Wildman–Crippen LogP) is -0.321. The van der Waals surface area contributed by atoms with Crippen molar-refractivity contribution < 1.29 is 0 Å². The number of amidine groups is 1.